The molecule has 100 valence electrons. The molecule has 0 spiro atoms. The SMILES string of the molecule is N#CCCCC(=Cc1cccnc1)Sc1ccccc1. The Bertz CT molecular complexity index is 585. The standard InChI is InChI=1S/C17H16N2S/c18-11-5-4-10-17(13-15-7-6-12-19-14-15)20-16-8-2-1-3-9-16/h1-3,6-9,12-14H,4-5,10H2. The molecule has 0 saturated heterocycles. The van der Waals surface area contributed by atoms with E-state index in [1.807, 2.05) is 36.5 Å². The van der Waals surface area contributed by atoms with Gasteiger partial charge >= 0.3 is 0 Å². The highest BCUT2D eigenvalue weighted by Crippen LogP contribution is 2.31. The van der Waals surface area contributed by atoms with Gasteiger partial charge < -0.3 is 0 Å². The van der Waals surface area contributed by atoms with Gasteiger partial charge in [-0.15, -0.1) is 0 Å². The van der Waals surface area contributed by atoms with Crippen molar-refractivity contribution < 1.29 is 0 Å². The number of nitriles is 1. The molecule has 0 aliphatic heterocycles. The van der Waals surface area contributed by atoms with Gasteiger partial charge in [-0.25, -0.2) is 0 Å². The van der Waals surface area contributed by atoms with Gasteiger partial charge in [0.05, 0.1) is 6.07 Å². The molecule has 0 unspecified atom stereocenters. The molecule has 0 aliphatic carbocycles. The highest BCUT2D eigenvalue weighted by molar-refractivity contribution is 8.03. The zero-order valence-electron chi connectivity index (χ0n) is 11.2. The van der Waals surface area contributed by atoms with Crippen molar-refractivity contribution in [3.63, 3.8) is 0 Å². The number of unbranched alkanes of at least 4 members (excludes halogenated alkanes) is 1. The molecule has 0 atom stereocenters. The first-order valence-electron chi connectivity index (χ1n) is 6.59. The molecule has 0 bridgehead atoms. The summed E-state index contributed by atoms with van der Waals surface area (Å²) in [7, 11) is 0. The molecule has 0 N–H and O–H groups in total. The fraction of sp³-hybridized carbons (Fsp3) is 0.176. The quantitative estimate of drug-likeness (QED) is 0.557. The van der Waals surface area contributed by atoms with Crippen LogP contribution in [0, 0.1) is 11.3 Å². The molecule has 3 heteroatoms. The summed E-state index contributed by atoms with van der Waals surface area (Å²) in [5.41, 5.74) is 1.10. The summed E-state index contributed by atoms with van der Waals surface area (Å²) >= 11 is 1.76. The fourth-order valence-electron chi connectivity index (χ4n) is 1.78. The molecule has 0 amide bonds. The molecule has 2 aromatic rings. The number of hydrogen-bond donors (Lipinski definition) is 0. The van der Waals surface area contributed by atoms with Crippen molar-refractivity contribution in [3.8, 4) is 6.07 Å². The van der Waals surface area contributed by atoms with Crippen LogP contribution >= 0.6 is 11.8 Å². The largest absolute Gasteiger partial charge is 0.264 e. The van der Waals surface area contributed by atoms with Gasteiger partial charge in [-0.1, -0.05) is 36.0 Å². The summed E-state index contributed by atoms with van der Waals surface area (Å²) in [4.78, 5) is 6.62. The third-order valence-electron chi connectivity index (χ3n) is 2.72. The topological polar surface area (TPSA) is 36.7 Å². The van der Waals surface area contributed by atoms with Crippen LogP contribution in [0.15, 0.2) is 64.7 Å². The molecule has 0 saturated carbocycles. The van der Waals surface area contributed by atoms with E-state index in [9.17, 15) is 0 Å². The maximum Gasteiger partial charge on any atom is 0.0621 e. The van der Waals surface area contributed by atoms with Crippen molar-refractivity contribution in [3.05, 3.63) is 65.3 Å². The molecule has 2 rings (SSSR count). The Hall–Kier alpha value is -2.05. The van der Waals surface area contributed by atoms with Gasteiger partial charge in [-0.3, -0.25) is 4.98 Å². The summed E-state index contributed by atoms with van der Waals surface area (Å²) in [5.74, 6) is 0. The Kier molecular flexibility index (Phi) is 5.88. The second-order valence-corrected chi connectivity index (χ2v) is 5.52. The van der Waals surface area contributed by atoms with E-state index in [4.69, 9.17) is 5.26 Å². The maximum atomic E-state index is 8.67. The first kappa shape index (κ1) is 14.4. The number of nitrogens with zero attached hydrogens (tertiary/aromatic N) is 2. The second kappa shape index (κ2) is 8.19. The Morgan fingerprint density at radius 3 is 2.75 bits per heavy atom. The number of pyridine rings is 1. The fourth-order valence-corrected chi connectivity index (χ4v) is 2.82. The lowest BCUT2D eigenvalue weighted by atomic mass is 10.2. The van der Waals surface area contributed by atoms with E-state index in [0.29, 0.717) is 6.42 Å². The van der Waals surface area contributed by atoms with Gasteiger partial charge in [0.1, 0.15) is 0 Å². The van der Waals surface area contributed by atoms with Crippen molar-refractivity contribution in [1.82, 2.24) is 4.98 Å². The average molecular weight is 280 g/mol. The number of hydrogen-bond acceptors (Lipinski definition) is 3. The summed E-state index contributed by atoms with van der Waals surface area (Å²) in [6, 6.07) is 16.5. The van der Waals surface area contributed by atoms with E-state index in [1.165, 1.54) is 9.80 Å². The van der Waals surface area contributed by atoms with Crippen LogP contribution in [0.25, 0.3) is 6.08 Å². The van der Waals surface area contributed by atoms with Crippen LogP contribution in [-0.2, 0) is 0 Å². The predicted molar refractivity (Wildman–Crippen MR) is 84.0 cm³/mol. The number of aromatic nitrogens is 1. The average Bonchev–Trinajstić information content (AvgIpc) is 2.49. The van der Waals surface area contributed by atoms with Gasteiger partial charge in [0.2, 0.25) is 0 Å². The molecule has 0 radical (unpaired) electrons. The van der Waals surface area contributed by atoms with E-state index in [0.717, 1.165) is 18.4 Å². The summed E-state index contributed by atoms with van der Waals surface area (Å²) in [5, 5.41) is 8.67. The van der Waals surface area contributed by atoms with Crippen molar-refractivity contribution in [2.45, 2.75) is 24.2 Å². The first-order chi connectivity index (χ1) is 9.88. The molecule has 1 aromatic heterocycles. The summed E-state index contributed by atoms with van der Waals surface area (Å²) in [6.07, 6.45) is 8.19. The molecule has 1 heterocycles. The lowest BCUT2D eigenvalue weighted by Crippen LogP contribution is -1.82. The minimum Gasteiger partial charge on any atom is -0.264 e. The molecule has 1 aromatic carbocycles. The Labute approximate surface area is 124 Å². The van der Waals surface area contributed by atoms with Crippen molar-refractivity contribution in [2.75, 3.05) is 0 Å². The van der Waals surface area contributed by atoms with Crippen LogP contribution in [-0.4, -0.2) is 4.98 Å². The highest BCUT2D eigenvalue weighted by Gasteiger charge is 2.02. The molecule has 0 fully saturated rings. The normalized spacial score (nSPS) is 11.1. The molecular weight excluding hydrogens is 264 g/mol. The maximum absolute atomic E-state index is 8.67. The zero-order valence-corrected chi connectivity index (χ0v) is 12.0. The van der Waals surface area contributed by atoms with Gasteiger partial charge in [0, 0.05) is 23.7 Å². The van der Waals surface area contributed by atoms with Gasteiger partial charge in [0.25, 0.3) is 0 Å². The van der Waals surface area contributed by atoms with E-state index >= 15 is 0 Å². The van der Waals surface area contributed by atoms with Crippen molar-refractivity contribution in [2.24, 2.45) is 0 Å². The summed E-state index contributed by atoms with van der Waals surface area (Å²) in [6.45, 7) is 0. The van der Waals surface area contributed by atoms with Gasteiger partial charge in [0.15, 0.2) is 0 Å². The molecule has 20 heavy (non-hydrogen) atoms. The monoisotopic (exact) mass is 280 g/mol. The Balaban J connectivity index is 2.12. The van der Waals surface area contributed by atoms with E-state index in [-0.39, 0.29) is 0 Å². The van der Waals surface area contributed by atoms with Crippen LogP contribution in [0.2, 0.25) is 0 Å². The smallest absolute Gasteiger partial charge is 0.0621 e. The lowest BCUT2D eigenvalue weighted by Gasteiger charge is -2.06. The molecular formula is C17H16N2S. The highest BCUT2D eigenvalue weighted by atomic mass is 32.2. The van der Waals surface area contributed by atoms with Crippen LogP contribution < -0.4 is 0 Å². The Morgan fingerprint density at radius 2 is 2.05 bits per heavy atom. The first-order valence-corrected chi connectivity index (χ1v) is 7.40. The minimum atomic E-state index is 0.597. The van der Waals surface area contributed by atoms with Crippen LogP contribution in [0.1, 0.15) is 24.8 Å². The van der Waals surface area contributed by atoms with Crippen molar-refractivity contribution in [1.29, 1.82) is 5.26 Å². The number of benzene rings is 1. The number of rotatable bonds is 6. The molecule has 2 nitrogen and oxygen atoms in total. The predicted octanol–water partition coefficient (Wildman–Crippen LogP) is 4.91. The zero-order chi connectivity index (χ0) is 14.0. The third-order valence-corrected chi connectivity index (χ3v) is 3.81. The van der Waals surface area contributed by atoms with Gasteiger partial charge in [-0.05, 0) is 47.6 Å². The van der Waals surface area contributed by atoms with Crippen LogP contribution in [0.3, 0.4) is 0 Å². The second-order valence-electron chi connectivity index (χ2n) is 4.32. The number of thioether (sulfide) groups is 1. The van der Waals surface area contributed by atoms with E-state index in [2.05, 4.69) is 29.3 Å². The number of allylic oxidation sites excluding steroid dienone is 1. The van der Waals surface area contributed by atoms with E-state index in [1.54, 1.807) is 18.0 Å². The minimum absolute atomic E-state index is 0.597. The lowest BCUT2D eigenvalue weighted by molar-refractivity contribution is 0.871. The van der Waals surface area contributed by atoms with Crippen LogP contribution in [0.5, 0.6) is 0 Å². The van der Waals surface area contributed by atoms with E-state index < -0.39 is 0 Å². The van der Waals surface area contributed by atoms with Crippen LogP contribution in [0.4, 0.5) is 0 Å². The van der Waals surface area contributed by atoms with Gasteiger partial charge in [-0.2, -0.15) is 5.26 Å². The third kappa shape index (κ3) is 4.91. The Morgan fingerprint density at radius 1 is 1.20 bits per heavy atom. The van der Waals surface area contributed by atoms with Crippen molar-refractivity contribution >= 4 is 17.8 Å². The summed E-state index contributed by atoms with van der Waals surface area (Å²) < 4.78 is 0. The molecule has 0 aliphatic rings.